The van der Waals surface area contributed by atoms with Gasteiger partial charge in [0.1, 0.15) is 17.2 Å². The van der Waals surface area contributed by atoms with Gasteiger partial charge in [0.25, 0.3) is 0 Å². The van der Waals surface area contributed by atoms with Crippen LogP contribution in [0.3, 0.4) is 0 Å². The van der Waals surface area contributed by atoms with Crippen LogP contribution >= 0.6 is 0 Å². The number of carbonyl (C=O) groups is 4. The smallest absolute Gasteiger partial charge is 0.336 e. The lowest BCUT2D eigenvalue weighted by atomic mass is 9.49. The molecular formula is C109H128N8O8. The van der Waals surface area contributed by atoms with Crippen LogP contribution < -0.4 is 14.2 Å². The maximum atomic E-state index is 12.6. The van der Waals surface area contributed by atoms with E-state index in [-0.39, 0.29) is 44.9 Å². The van der Waals surface area contributed by atoms with Gasteiger partial charge in [-0.3, -0.25) is 24.7 Å². The van der Waals surface area contributed by atoms with Gasteiger partial charge in [0.2, 0.25) is 11.7 Å². The van der Waals surface area contributed by atoms with Crippen molar-refractivity contribution in [3.63, 3.8) is 0 Å². The highest BCUT2D eigenvalue weighted by atomic mass is 16.5. The van der Waals surface area contributed by atoms with Crippen molar-refractivity contribution in [2.24, 2.45) is 65.3 Å². The molecule has 0 amide bonds. The molecule has 0 saturated heterocycles. The van der Waals surface area contributed by atoms with Gasteiger partial charge in [-0.1, -0.05) is 257 Å². The number of benzene rings is 4. The summed E-state index contributed by atoms with van der Waals surface area (Å²) < 4.78 is 22.9. The summed E-state index contributed by atoms with van der Waals surface area (Å²) in [4.78, 5) is 91.7. The molecule has 4 aromatic heterocycles. The molecule has 0 unspecified atom stereocenters. The number of allylic oxidation sites excluding steroid dienone is 1. The number of rotatable bonds is 42. The molecule has 125 heavy (non-hydrogen) atoms. The quantitative estimate of drug-likeness (QED) is 0.0152. The van der Waals surface area contributed by atoms with E-state index in [4.69, 9.17) is 58.9 Å². The van der Waals surface area contributed by atoms with Gasteiger partial charge in [-0.2, -0.15) is 0 Å². The second-order valence-corrected chi connectivity index (χ2v) is 37.2. The van der Waals surface area contributed by atoms with Crippen LogP contribution in [0.4, 0.5) is 0 Å². The van der Waals surface area contributed by atoms with Crippen molar-refractivity contribution in [2.45, 2.75) is 279 Å². The van der Waals surface area contributed by atoms with E-state index < -0.39 is 17.9 Å². The fourth-order valence-corrected chi connectivity index (χ4v) is 26.1. The molecule has 4 fully saturated rings. The third-order valence-corrected chi connectivity index (χ3v) is 31.4. The number of carbonyl (C=O) groups excluding carboxylic acids is 4. The van der Waals surface area contributed by atoms with E-state index in [0.717, 1.165) is 184 Å². The average molecular weight is 1680 g/mol. The Hall–Kier alpha value is -10.5. The molecule has 4 bridgehead atoms. The van der Waals surface area contributed by atoms with Crippen LogP contribution in [0.15, 0.2) is 190 Å². The van der Waals surface area contributed by atoms with E-state index >= 15 is 0 Å². The molecule has 16 nitrogen and oxygen atoms in total. The number of fused-ring (bicyclic) bond motifs is 7. The largest absolute Gasteiger partial charge is 0.492 e. The number of aromatic nitrogens is 4. The summed E-state index contributed by atoms with van der Waals surface area (Å²) in [5, 5.41) is 0. The molecule has 0 atom stereocenters. The summed E-state index contributed by atoms with van der Waals surface area (Å²) in [6.07, 6.45) is 48.0. The molecule has 4 aromatic carbocycles. The zero-order chi connectivity index (χ0) is 87.1. The molecule has 6 heterocycles. The van der Waals surface area contributed by atoms with Gasteiger partial charge < -0.3 is 18.9 Å². The molecule has 16 rings (SSSR count). The Morgan fingerprint density at radius 3 is 1.06 bits per heavy atom. The highest BCUT2D eigenvalue weighted by Crippen LogP contribution is 2.85. The number of aryl methyl sites for hydroxylation is 1. The molecule has 2 aliphatic heterocycles. The summed E-state index contributed by atoms with van der Waals surface area (Å²) in [5.74, 6) is 3.64. The fraction of sp³-hybridized carbons (Fsp3) is 0.486. The van der Waals surface area contributed by atoms with Crippen molar-refractivity contribution in [3.05, 3.63) is 209 Å². The third kappa shape index (κ3) is 15.8. The number of hydrogen-bond donors (Lipinski definition) is 0. The Morgan fingerprint density at radius 1 is 0.328 bits per heavy atom. The highest BCUT2D eigenvalue weighted by Gasteiger charge is 2.79. The summed E-state index contributed by atoms with van der Waals surface area (Å²) in [6, 6.07) is 42.2. The van der Waals surface area contributed by atoms with Crippen molar-refractivity contribution >= 4 is 47.0 Å². The Labute approximate surface area is 741 Å². The van der Waals surface area contributed by atoms with Gasteiger partial charge in [0.15, 0.2) is 17.5 Å². The summed E-state index contributed by atoms with van der Waals surface area (Å²) in [7, 11) is 0. The summed E-state index contributed by atoms with van der Waals surface area (Å²) in [6.45, 7) is 24.0. The van der Waals surface area contributed by atoms with Gasteiger partial charge >= 0.3 is 17.9 Å². The summed E-state index contributed by atoms with van der Waals surface area (Å²) >= 11 is 0. The van der Waals surface area contributed by atoms with Crippen LogP contribution in [0.25, 0.3) is 56.2 Å². The first-order valence-electron chi connectivity index (χ1n) is 47.9. The standard InChI is InChI=1S/C109H128N8O8/c1-11-20-21-22-27-30-33-73-35-37-74(38-36-73)75-39-41-78(42-40-75)79-64-89-96(110-68-79)97-90(108(89)104(82(12-2)13-3)54-56-105(108,57-55-104)83(14-4)15-5)65-80(69-111-97)100-114-102-103(115-100)117-101(116-102)81-66-91-98(112-70-81)99-92(109(91)106(84(16-6)17-7)58-60-107(109,61-59-106)85(18-8)19-9)67-88(71-113-99)122-62-31-28-25-23-24-26-29-32-63-123-93(119)52-53-95(121)125-87-49-45-77(46-50-87)76-43-47-86(48-44-76)124-94(120)51-34-72(10)118/h34-53,64-71,82-85H,11-33,54-63H2,1-10H3. The van der Waals surface area contributed by atoms with E-state index in [2.05, 4.69) is 141 Å². The van der Waals surface area contributed by atoms with Crippen molar-refractivity contribution in [3.8, 4) is 73.4 Å². The zero-order valence-corrected chi connectivity index (χ0v) is 75.7. The van der Waals surface area contributed by atoms with Crippen molar-refractivity contribution in [1.82, 2.24) is 19.9 Å². The molecule has 4 saturated carbocycles. The number of ketones is 1. The average Bonchev–Trinajstić information content (AvgIpc) is 1.47. The maximum Gasteiger partial charge on any atom is 0.336 e. The Morgan fingerprint density at radius 2 is 0.648 bits per heavy atom. The van der Waals surface area contributed by atoms with Gasteiger partial charge in [-0.15, -0.1) is 0 Å². The minimum atomic E-state index is -0.696. The molecule has 0 radical (unpaired) electrons. The molecule has 652 valence electrons. The Bertz CT molecular complexity index is 5390. The van der Waals surface area contributed by atoms with E-state index in [1.165, 1.54) is 147 Å². The highest BCUT2D eigenvalue weighted by molar-refractivity contribution is 6.53. The predicted molar refractivity (Wildman–Crippen MR) is 501 cm³/mol. The molecule has 0 N–H and O–H groups in total. The molecule has 6 aliphatic carbocycles. The second kappa shape index (κ2) is 38.0. The number of esters is 3. The van der Waals surface area contributed by atoms with E-state index in [9.17, 15) is 19.2 Å². The SMILES string of the molecule is CCCCCCCCc1ccc(-c2ccc(-c3cnc4c(c3)C3(c5cc(C6=NC7=NC(c8cnc9c(c8)C8(c%10cc(OCCCCCCCCCCOC(=O)C=CC(=O)Oc%11ccc(-c%12ccc(OC(=O)C=CC(C)=O)cc%12)cc%11)cnc%10-9)C9(C(CC)CC)CCC8(C(CC)CC)CC9)=NC7=N6)cnc5-4)C4(C(CC)CC)CCC3(C(CC)CC)CC4)cc2)cc1. The van der Waals surface area contributed by atoms with Crippen molar-refractivity contribution in [1.29, 1.82) is 0 Å². The number of unbranched alkanes of at least 4 members (excludes halogenated alkanes) is 12. The van der Waals surface area contributed by atoms with Crippen LogP contribution in [0, 0.1) is 45.3 Å². The number of nitrogens with zero attached hydrogens (tertiary/aromatic N) is 8. The maximum absolute atomic E-state index is 12.6. The topological polar surface area (TPSA) is 206 Å². The lowest BCUT2D eigenvalue weighted by Crippen LogP contribution is -2.51. The van der Waals surface area contributed by atoms with Crippen LogP contribution in [0.5, 0.6) is 17.2 Å². The number of pyridine rings is 4. The third-order valence-electron chi connectivity index (χ3n) is 31.4. The molecule has 16 heteroatoms. The molecule has 8 aliphatic rings. The van der Waals surface area contributed by atoms with E-state index in [1.54, 1.807) is 48.5 Å². The van der Waals surface area contributed by atoms with Gasteiger partial charge in [-0.25, -0.2) is 34.4 Å². The van der Waals surface area contributed by atoms with E-state index in [1.807, 2.05) is 18.6 Å². The van der Waals surface area contributed by atoms with Crippen molar-refractivity contribution in [2.75, 3.05) is 13.2 Å². The lowest BCUT2D eigenvalue weighted by molar-refractivity contribution is -0.138. The van der Waals surface area contributed by atoms with Crippen molar-refractivity contribution < 1.29 is 38.1 Å². The normalized spacial score (nSPS) is 22.0. The van der Waals surface area contributed by atoms with Crippen LogP contribution in [-0.4, -0.2) is 80.2 Å². The first-order valence-corrected chi connectivity index (χ1v) is 47.9. The Balaban J connectivity index is 0.581. The van der Waals surface area contributed by atoms with Gasteiger partial charge in [-0.05, 0) is 240 Å². The van der Waals surface area contributed by atoms with Gasteiger partial charge in [0.05, 0.1) is 42.2 Å². The van der Waals surface area contributed by atoms with Gasteiger partial charge in [0, 0.05) is 64.3 Å². The first-order chi connectivity index (χ1) is 61.0. The summed E-state index contributed by atoms with van der Waals surface area (Å²) in [5.41, 5.74) is 18.5. The number of hydrogen-bond acceptors (Lipinski definition) is 16. The Kier molecular flexibility index (Phi) is 26.7. The monoisotopic (exact) mass is 1680 g/mol. The minimum Gasteiger partial charge on any atom is -0.492 e. The number of aliphatic imine (C=N–C) groups is 4. The van der Waals surface area contributed by atoms with Crippen LogP contribution in [-0.2, 0) is 41.2 Å². The number of ether oxygens (including phenoxy) is 4. The number of amidine groups is 4. The van der Waals surface area contributed by atoms with E-state index in [0.29, 0.717) is 65.1 Å². The lowest BCUT2D eigenvalue weighted by Gasteiger charge is -2.53. The fourth-order valence-electron chi connectivity index (χ4n) is 26.1. The first kappa shape index (κ1) is 88.0. The molecule has 2 spiro atoms. The molecule has 8 aromatic rings. The van der Waals surface area contributed by atoms with Crippen LogP contribution in [0.2, 0.25) is 0 Å². The zero-order valence-electron chi connectivity index (χ0n) is 75.7. The minimum absolute atomic E-state index is 0.00591. The predicted octanol–water partition coefficient (Wildman–Crippen LogP) is 25.8. The molecular weight excluding hydrogens is 1550 g/mol. The van der Waals surface area contributed by atoms with Crippen LogP contribution in [0.1, 0.15) is 301 Å². The second-order valence-electron chi connectivity index (χ2n) is 37.2.